The normalized spacial score (nSPS) is 11.0. The van der Waals surface area contributed by atoms with Gasteiger partial charge in [0.1, 0.15) is 6.07 Å². The molecule has 3 aromatic rings. The van der Waals surface area contributed by atoms with Crippen LogP contribution in [0.1, 0.15) is 22.4 Å². The zero-order chi connectivity index (χ0) is 23.8. The second-order valence-corrected chi connectivity index (χ2v) is 7.31. The second-order valence-electron chi connectivity index (χ2n) is 6.91. The summed E-state index contributed by atoms with van der Waals surface area (Å²) in [7, 11) is 0. The minimum Gasteiger partial charge on any atom is -0.312 e. The molecule has 170 valence electrons. The van der Waals surface area contributed by atoms with Crippen LogP contribution < -0.4 is 16.0 Å². The summed E-state index contributed by atoms with van der Waals surface area (Å²) in [5.74, 6) is 0.188. The summed E-state index contributed by atoms with van der Waals surface area (Å²) in [4.78, 5) is 19.8. The van der Waals surface area contributed by atoms with Crippen LogP contribution in [-0.4, -0.2) is 22.5 Å². The van der Waals surface area contributed by atoms with E-state index < -0.39 is 17.8 Å². The van der Waals surface area contributed by atoms with Crippen LogP contribution in [0.15, 0.2) is 54.9 Å². The highest BCUT2D eigenvalue weighted by Crippen LogP contribution is 2.29. The van der Waals surface area contributed by atoms with Gasteiger partial charge in [-0.2, -0.15) is 18.4 Å². The quantitative estimate of drug-likeness (QED) is 0.418. The van der Waals surface area contributed by atoms with Crippen molar-refractivity contribution in [2.45, 2.75) is 19.1 Å². The van der Waals surface area contributed by atoms with Gasteiger partial charge in [0.05, 0.1) is 18.0 Å². The van der Waals surface area contributed by atoms with Gasteiger partial charge in [-0.15, -0.1) is 0 Å². The third kappa shape index (κ3) is 7.17. The lowest BCUT2D eigenvalue weighted by molar-refractivity contribution is -0.137. The molecule has 0 bridgehead atoms. The number of hydrogen-bond acceptors (Lipinski definition) is 5. The number of urea groups is 1. The molecule has 3 rings (SSSR count). The first-order chi connectivity index (χ1) is 15.7. The van der Waals surface area contributed by atoms with Gasteiger partial charge in [-0.25, -0.2) is 14.8 Å². The van der Waals surface area contributed by atoms with Crippen molar-refractivity contribution in [3.63, 3.8) is 0 Å². The van der Waals surface area contributed by atoms with Crippen LogP contribution in [0.3, 0.4) is 0 Å². The molecule has 0 atom stereocenters. The van der Waals surface area contributed by atoms with E-state index in [0.717, 1.165) is 23.3 Å². The van der Waals surface area contributed by atoms with Crippen LogP contribution in [0.4, 0.5) is 29.5 Å². The molecule has 0 aliphatic carbocycles. The van der Waals surface area contributed by atoms with Crippen molar-refractivity contribution in [3.8, 4) is 6.07 Å². The highest BCUT2D eigenvalue weighted by Gasteiger charge is 2.29. The third-order valence-electron chi connectivity index (χ3n) is 4.50. The topological polar surface area (TPSA) is 103 Å². The van der Waals surface area contributed by atoms with Crippen LogP contribution in [-0.2, 0) is 19.1 Å². The summed E-state index contributed by atoms with van der Waals surface area (Å²) in [5.41, 5.74) is 1.52. The lowest BCUT2D eigenvalue weighted by atomic mass is 10.1. The average Bonchev–Trinajstić information content (AvgIpc) is 2.78. The Morgan fingerprint density at radius 1 is 1.06 bits per heavy atom. The first-order valence-corrected chi connectivity index (χ1v) is 10.1. The number of hydrogen-bond donors (Lipinski definition) is 3. The summed E-state index contributed by atoms with van der Waals surface area (Å²) in [6, 6.07) is 11.4. The molecule has 1 aromatic heterocycles. The first kappa shape index (κ1) is 24.0. The van der Waals surface area contributed by atoms with Crippen molar-refractivity contribution in [1.29, 1.82) is 5.26 Å². The van der Waals surface area contributed by atoms with Crippen molar-refractivity contribution >= 4 is 29.1 Å². The number of nitrogens with zero attached hydrogens (tertiary/aromatic N) is 3. The lowest BCUT2D eigenvalue weighted by Crippen LogP contribution is -2.20. The van der Waals surface area contributed by atoms with E-state index in [1.54, 1.807) is 18.2 Å². The highest BCUT2D eigenvalue weighted by molar-refractivity contribution is 6.31. The number of alkyl halides is 3. The molecule has 3 N–H and O–H groups in total. The molecule has 1 heterocycles. The molecule has 0 fully saturated rings. The van der Waals surface area contributed by atoms with E-state index in [4.69, 9.17) is 16.9 Å². The summed E-state index contributed by atoms with van der Waals surface area (Å²) in [6.07, 6.45) is -1.24. The molecule has 0 unspecified atom stereocenters. The molecule has 0 aliphatic heterocycles. The average molecular weight is 475 g/mol. The Bertz CT molecular complexity index is 1140. The maximum atomic E-state index is 12.6. The molecule has 0 radical (unpaired) electrons. The lowest BCUT2D eigenvalue weighted by Gasteiger charge is -2.11. The minimum atomic E-state index is -4.35. The van der Waals surface area contributed by atoms with Gasteiger partial charge in [0.2, 0.25) is 0 Å². The number of nitrogens with one attached hydrogen (secondary N) is 3. The fourth-order valence-electron chi connectivity index (χ4n) is 2.82. The fourth-order valence-corrected chi connectivity index (χ4v) is 3.10. The second kappa shape index (κ2) is 10.8. The van der Waals surface area contributed by atoms with Gasteiger partial charge < -0.3 is 10.6 Å². The fraction of sp³-hybridized carbons (Fsp3) is 0.182. The van der Waals surface area contributed by atoms with Crippen LogP contribution >= 0.6 is 11.6 Å². The van der Waals surface area contributed by atoms with Crippen LogP contribution in [0.25, 0.3) is 0 Å². The molecule has 11 heteroatoms. The molecule has 33 heavy (non-hydrogen) atoms. The van der Waals surface area contributed by atoms with E-state index >= 15 is 0 Å². The Labute approximate surface area is 192 Å². The number of carbonyl (C=O) groups excluding carboxylic acids is 1. The highest BCUT2D eigenvalue weighted by atomic mass is 35.5. The van der Waals surface area contributed by atoms with Gasteiger partial charge in [0.25, 0.3) is 0 Å². The largest absolute Gasteiger partial charge is 0.416 e. The monoisotopic (exact) mass is 474 g/mol. The molecular formula is C22H18ClF3N6O. The number of aromatic nitrogens is 2. The number of carbonyl (C=O) groups is 1. The molecule has 2 aromatic carbocycles. The van der Waals surface area contributed by atoms with E-state index in [0.29, 0.717) is 30.2 Å². The smallest absolute Gasteiger partial charge is 0.312 e. The molecule has 2 amide bonds. The number of amides is 2. The Morgan fingerprint density at radius 3 is 2.42 bits per heavy atom. The summed E-state index contributed by atoms with van der Waals surface area (Å²) in [6.45, 7) is 0.985. The molecule has 0 saturated carbocycles. The standard InChI is InChI=1S/C22H18ClF3N6O/c23-19-9-17(31-21(33)32-20-13-29-18(10-27)12-30-20)6-3-15(19)7-8-28-11-14-1-4-16(5-2-14)22(24,25)26/h1-6,9,12-13,28H,7-8,11H2,(H2,30,31,32,33). The zero-order valence-corrected chi connectivity index (χ0v) is 17.8. The Balaban J connectivity index is 1.46. The van der Waals surface area contributed by atoms with Crippen molar-refractivity contribution in [1.82, 2.24) is 15.3 Å². The Morgan fingerprint density at radius 2 is 1.82 bits per heavy atom. The maximum Gasteiger partial charge on any atom is 0.416 e. The molecule has 0 spiro atoms. The van der Waals surface area contributed by atoms with Gasteiger partial charge >= 0.3 is 12.2 Å². The molecular weight excluding hydrogens is 457 g/mol. The first-order valence-electron chi connectivity index (χ1n) is 9.70. The van der Waals surface area contributed by atoms with E-state index in [2.05, 4.69) is 25.9 Å². The number of rotatable bonds is 7. The predicted octanol–water partition coefficient (Wildman–Crippen LogP) is 5.00. The van der Waals surface area contributed by atoms with Crippen LogP contribution in [0, 0.1) is 11.3 Å². The number of benzene rings is 2. The predicted molar refractivity (Wildman–Crippen MR) is 118 cm³/mol. The van der Waals surface area contributed by atoms with Crippen molar-refractivity contribution in [2.24, 2.45) is 0 Å². The Kier molecular flexibility index (Phi) is 7.82. The third-order valence-corrected chi connectivity index (χ3v) is 4.85. The van der Waals surface area contributed by atoms with Crippen LogP contribution in [0.5, 0.6) is 0 Å². The van der Waals surface area contributed by atoms with Crippen molar-refractivity contribution in [3.05, 3.63) is 82.3 Å². The minimum absolute atomic E-state index is 0.136. The van der Waals surface area contributed by atoms with Crippen molar-refractivity contribution in [2.75, 3.05) is 17.2 Å². The molecule has 7 nitrogen and oxygen atoms in total. The van der Waals surface area contributed by atoms with Crippen LogP contribution in [0.2, 0.25) is 5.02 Å². The van der Waals surface area contributed by atoms with E-state index in [1.807, 2.05) is 6.07 Å². The summed E-state index contributed by atoms with van der Waals surface area (Å²) in [5, 5.41) is 17.5. The number of nitriles is 1. The molecule has 0 saturated heterocycles. The SMILES string of the molecule is N#Cc1cnc(NC(=O)Nc2ccc(CCNCc3ccc(C(F)(F)F)cc3)c(Cl)c2)cn1. The zero-order valence-electron chi connectivity index (χ0n) is 17.1. The van der Waals surface area contributed by atoms with Gasteiger partial charge in [-0.3, -0.25) is 5.32 Å². The summed E-state index contributed by atoms with van der Waals surface area (Å²) >= 11 is 6.30. The molecule has 0 aliphatic rings. The van der Waals surface area contributed by atoms with E-state index in [9.17, 15) is 18.0 Å². The summed E-state index contributed by atoms with van der Waals surface area (Å²) < 4.78 is 37.8. The van der Waals surface area contributed by atoms with Crippen molar-refractivity contribution < 1.29 is 18.0 Å². The van der Waals surface area contributed by atoms with Gasteiger partial charge in [-0.1, -0.05) is 29.8 Å². The number of halogens is 4. The van der Waals surface area contributed by atoms with Gasteiger partial charge in [0.15, 0.2) is 11.5 Å². The Hall–Kier alpha value is -3.68. The van der Waals surface area contributed by atoms with Gasteiger partial charge in [-0.05, 0) is 48.4 Å². The van der Waals surface area contributed by atoms with E-state index in [-0.39, 0.29) is 11.5 Å². The maximum absolute atomic E-state index is 12.6. The van der Waals surface area contributed by atoms with Gasteiger partial charge in [0, 0.05) is 17.3 Å². The number of anilines is 2. The van der Waals surface area contributed by atoms with E-state index in [1.165, 1.54) is 24.5 Å².